The van der Waals surface area contributed by atoms with E-state index in [1.165, 1.54) is 4.31 Å². The highest BCUT2D eigenvalue weighted by molar-refractivity contribution is 7.89. The molecule has 142 valence electrons. The molecule has 25 heavy (non-hydrogen) atoms. The van der Waals surface area contributed by atoms with E-state index in [-0.39, 0.29) is 24.2 Å². The van der Waals surface area contributed by atoms with Crippen LogP contribution in [0.4, 0.5) is 0 Å². The molecule has 0 aliphatic carbocycles. The number of rotatable bonds is 7. The van der Waals surface area contributed by atoms with Gasteiger partial charge in [0.05, 0.1) is 4.90 Å². The molecule has 0 atom stereocenters. The zero-order valence-electron chi connectivity index (χ0n) is 14.8. The zero-order chi connectivity index (χ0) is 17.6. The van der Waals surface area contributed by atoms with Crippen molar-refractivity contribution in [1.29, 1.82) is 0 Å². The highest BCUT2D eigenvalue weighted by Gasteiger charge is 2.22. The second kappa shape index (κ2) is 10.1. The first-order chi connectivity index (χ1) is 11.5. The van der Waals surface area contributed by atoms with Crippen molar-refractivity contribution in [1.82, 2.24) is 14.9 Å². The summed E-state index contributed by atoms with van der Waals surface area (Å²) in [5, 5.41) is 6.19. The largest absolute Gasteiger partial charge is 0.352 e. The Morgan fingerprint density at radius 2 is 1.72 bits per heavy atom. The highest BCUT2D eigenvalue weighted by atomic mass is 35.5. The van der Waals surface area contributed by atoms with E-state index in [0.717, 1.165) is 31.5 Å². The predicted octanol–water partition coefficient (Wildman–Crippen LogP) is 1.75. The Bertz CT molecular complexity index is 640. The second-order valence-corrected chi connectivity index (χ2v) is 7.91. The zero-order valence-corrected chi connectivity index (χ0v) is 16.5. The molecule has 2 N–H and O–H groups in total. The minimum Gasteiger partial charge on any atom is -0.352 e. The summed E-state index contributed by atoms with van der Waals surface area (Å²) in [6, 6.07) is 6.75. The molecule has 1 aliphatic heterocycles. The summed E-state index contributed by atoms with van der Waals surface area (Å²) in [5.41, 5.74) is 0.899. The number of piperidine rings is 1. The number of nitrogens with one attached hydrogen (secondary N) is 2. The molecule has 8 heteroatoms. The van der Waals surface area contributed by atoms with Gasteiger partial charge in [0.15, 0.2) is 0 Å². The third kappa shape index (κ3) is 5.67. The molecular weight excluding hydrogens is 362 g/mol. The van der Waals surface area contributed by atoms with E-state index in [9.17, 15) is 13.2 Å². The van der Waals surface area contributed by atoms with Crippen LogP contribution >= 0.6 is 12.4 Å². The fraction of sp³-hybridized carbons (Fsp3) is 0.588. The van der Waals surface area contributed by atoms with E-state index in [4.69, 9.17) is 0 Å². The van der Waals surface area contributed by atoms with Crippen molar-refractivity contribution in [3.8, 4) is 0 Å². The van der Waals surface area contributed by atoms with Crippen LogP contribution in [0.1, 0.15) is 32.3 Å². The lowest BCUT2D eigenvalue weighted by molar-refractivity contribution is -0.125. The summed E-state index contributed by atoms with van der Waals surface area (Å²) >= 11 is 0. The van der Waals surface area contributed by atoms with E-state index < -0.39 is 10.0 Å². The predicted molar refractivity (Wildman–Crippen MR) is 101 cm³/mol. The normalized spacial score (nSPS) is 15.6. The van der Waals surface area contributed by atoms with Crippen molar-refractivity contribution >= 4 is 28.3 Å². The molecule has 0 spiro atoms. The van der Waals surface area contributed by atoms with Gasteiger partial charge in [0.25, 0.3) is 0 Å². The van der Waals surface area contributed by atoms with Crippen LogP contribution in [0, 0.1) is 5.92 Å². The summed E-state index contributed by atoms with van der Waals surface area (Å²) in [6.07, 6.45) is 1.74. The van der Waals surface area contributed by atoms with Gasteiger partial charge in [0.2, 0.25) is 15.9 Å². The number of halogens is 1. The van der Waals surface area contributed by atoms with Crippen molar-refractivity contribution < 1.29 is 13.2 Å². The summed E-state index contributed by atoms with van der Waals surface area (Å²) in [5.74, 6) is 0.157. The van der Waals surface area contributed by atoms with Crippen LogP contribution in [0.15, 0.2) is 29.2 Å². The van der Waals surface area contributed by atoms with E-state index in [0.29, 0.717) is 24.5 Å². The standard InChI is InChI=1S/C17H27N3O3S.ClH/c1-3-20(4-2)24(22,23)16-7-5-14(6-8-16)13-19-17(21)15-9-11-18-12-10-15;/h5-8,15,18H,3-4,9-13H2,1-2H3,(H,19,21);1H. The molecule has 2 rings (SSSR count). The van der Waals surface area contributed by atoms with Gasteiger partial charge in [-0.15, -0.1) is 12.4 Å². The highest BCUT2D eigenvalue weighted by Crippen LogP contribution is 2.16. The molecule has 1 aliphatic rings. The number of sulfonamides is 1. The van der Waals surface area contributed by atoms with Crippen molar-refractivity contribution in [3.05, 3.63) is 29.8 Å². The topological polar surface area (TPSA) is 78.5 Å². The molecule has 0 radical (unpaired) electrons. The van der Waals surface area contributed by atoms with Gasteiger partial charge in [0, 0.05) is 25.6 Å². The lowest BCUT2D eigenvalue weighted by atomic mass is 9.97. The minimum atomic E-state index is -3.43. The lowest BCUT2D eigenvalue weighted by Gasteiger charge is -2.22. The number of hydrogen-bond acceptors (Lipinski definition) is 4. The molecule has 1 aromatic carbocycles. The maximum absolute atomic E-state index is 12.4. The minimum absolute atomic E-state index is 0. The Morgan fingerprint density at radius 3 is 2.24 bits per heavy atom. The molecule has 1 amide bonds. The van der Waals surface area contributed by atoms with Crippen LogP contribution in [0.5, 0.6) is 0 Å². The monoisotopic (exact) mass is 389 g/mol. The van der Waals surface area contributed by atoms with Crippen LogP contribution in [-0.2, 0) is 21.4 Å². The van der Waals surface area contributed by atoms with Gasteiger partial charge in [-0.25, -0.2) is 8.42 Å². The van der Waals surface area contributed by atoms with E-state index in [2.05, 4.69) is 10.6 Å². The average molecular weight is 390 g/mol. The fourth-order valence-electron chi connectivity index (χ4n) is 2.91. The van der Waals surface area contributed by atoms with Gasteiger partial charge in [-0.1, -0.05) is 26.0 Å². The van der Waals surface area contributed by atoms with Gasteiger partial charge in [-0.2, -0.15) is 4.31 Å². The van der Waals surface area contributed by atoms with E-state index in [1.807, 2.05) is 13.8 Å². The van der Waals surface area contributed by atoms with Gasteiger partial charge >= 0.3 is 0 Å². The van der Waals surface area contributed by atoms with Crippen molar-refractivity contribution in [2.75, 3.05) is 26.2 Å². The number of carbonyl (C=O) groups excluding carboxylic acids is 1. The van der Waals surface area contributed by atoms with Crippen molar-refractivity contribution in [2.24, 2.45) is 5.92 Å². The van der Waals surface area contributed by atoms with Gasteiger partial charge in [-0.3, -0.25) is 4.79 Å². The molecule has 0 aromatic heterocycles. The van der Waals surface area contributed by atoms with Gasteiger partial charge < -0.3 is 10.6 Å². The Labute approximate surface area is 156 Å². The second-order valence-electron chi connectivity index (χ2n) is 5.98. The summed E-state index contributed by atoms with van der Waals surface area (Å²) < 4.78 is 26.3. The lowest BCUT2D eigenvalue weighted by Crippen LogP contribution is -2.37. The molecular formula is C17H28ClN3O3S. The first kappa shape index (κ1) is 21.9. The van der Waals surface area contributed by atoms with Crippen LogP contribution in [-0.4, -0.2) is 44.8 Å². The third-order valence-corrected chi connectivity index (χ3v) is 6.51. The number of hydrogen-bond donors (Lipinski definition) is 2. The van der Waals surface area contributed by atoms with Crippen molar-refractivity contribution in [2.45, 2.75) is 38.1 Å². The molecule has 0 saturated carbocycles. The molecule has 1 aromatic rings. The maximum Gasteiger partial charge on any atom is 0.243 e. The molecule has 6 nitrogen and oxygen atoms in total. The van der Waals surface area contributed by atoms with Crippen LogP contribution in [0.3, 0.4) is 0 Å². The van der Waals surface area contributed by atoms with Crippen LogP contribution in [0.25, 0.3) is 0 Å². The first-order valence-electron chi connectivity index (χ1n) is 8.56. The summed E-state index contributed by atoms with van der Waals surface area (Å²) in [7, 11) is -3.43. The van der Waals surface area contributed by atoms with E-state index >= 15 is 0 Å². The molecule has 0 bridgehead atoms. The smallest absolute Gasteiger partial charge is 0.243 e. The Kier molecular flexibility index (Phi) is 8.85. The van der Waals surface area contributed by atoms with Gasteiger partial charge in [-0.05, 0) is 43.6 Å². The molecule has 1 heterocycles. The Hall–Kier alpha value is -1.15. The number of nitrogens with zero attached hydrogens (tertiary/aromatic N) is 1. The number of amides is 1. The number of benzene rings is 1. The van der Waals surface area contributed by atoms with E-state index in [1.54, 1.807) is 24.3 Å². The third-order valence-electron chi connectivity index (χ3n) is 4.44. The van der Waals surface area contributed by atoms with Gasteiger partial charge in [0.1, 0.15) is 0 Å². The van der Waals surface area contributed by atoms with Crippen molar-refractivity contribution in [3.63, 3.8) is 0 Å². The Balaban J connectivity index is 0.00000312. The summed E-state index contributed by atoms with van der Waals surface area (Å²) in [4.78, 5) is 12.4. The average Bonchev–Trinajstić information content (AvgIpc) is 2.61. The Morgan fingerprint density at radius 1 is 1.16 bits per heavy atom. The van der Waals surface area contributed by atoms with Crippen LogP contribution in [0.2, 0.25) is 0 Å². The van der Waals surface area contributed by atoms with Crippen LogP contribution < -0.4 is 10.6 Å². The SMILES string of the molecule is CCN(CC)S(=O)(=O)c1ccc(CNC(=O)C2CCNCC2)cc1.Cl. The molecule has 0 unspecified atom stereocenters. The summed E-state index contributed by atoms with van der Waals surface area (Å²) in [6.45, 7) is 6.75. The number of carbonyl (C=O) groups is 1. The quantitative estimate of drug-likeness (QED) is 0.744. The molecule has 1 fully saturated rings. The molecule has 1 saturated heterocycles. The first-order valence-corrected chi connectivity index (χ1v) is 10.0. The fourth-order valence-corrected chi connectivity index (χ4v) is 4.37. The maximum atomic E-state index is 12.4.